The summed E-state index contributed by atoms with van der Waals surface area (Å²) in [4.78, 5) is 28.1. The molecule has 0 atom stereocenters. The highest BCUT2D eigenvalue weighted by molar-refractivity contribution is 5.16. The van der Waals surface area contributed by atoms with E-state index in [1.807, 2.05) is 19.9 Å². The maximum absolute atomic E-state index is 12.2. The molecular weight excluding hydrogens is 242 g/mol. The maximum atomic E-state index is 12.2. The third-order valence-corrected chi connectivity index (χ3v) is 2.88. The third-order valence-electron chi connectivity index (χ3n) is 2.88. The molecule has 0 radical (unpaired) electrons. The molecule has 19 heavy (non-hydrogen) atoms. The van der Waals surface area contributed by atoms with Crippen LogP contribution in [-0.2, 0) is 13.1 Å². The molecule has 0 spiro atoms. The van der Waals surface area contributed by atoms with Crippen LogP contribution in [0.25, 0.3) is 0 Å². The largest absolute Gasteiger partial charge is 0.331 e. The predicted molar refractivity (Wildman–Crippen MR) is 73.3 cm³/mol. The summed E-state index contributed by atoms with van der Waals surface area (Å²) in [5, 5.41) is 0. The molecule has 0 aliphatic carbocycles. The number of rotatable bonds is 4. The SMILES string of the molecule is CCCn1ccc(=O)n(Cc2cncc(C)c2)c1=O. The van der Waals surface area contributed by atoms with Gasteiger partial charge in [-0.15, -0.1) is 0 Å². The van der Waals surface area contributed by atoms with Crippen LogP contribution in [0.3, 0.4) is 0 Å². The van der Waals surface area contributed by atoms with Gasteiger partial charge in [-0.3, -0.25) is 14.3 Å². The van der Waals surface area contributed by atoms with Gasteiger partial charge in [-0.2, -0.15) is 0 Å². The van der Waals surface area contributed by atoms with Gasteiger partial charge < -0.3 is 4.57 Å². The molecule has 5 nitrogen and oxygen atoms in total. The molecule has 0 amide bonds. The van der Waals surface area contributed by atoms with Crippen molar-refractivity contribution in [3.63, 3.8) is 0 Å². The highest BCUT2D eigenvalue weighted by Crippen LogP contribution is 2.01. The monoisotopic (exact) mass is 259 g/mol. The van der Waals surface area contributed by atoms with Gasteiger partial charge in [0.1, 0.15) is 0 Å². The molecule has 0 bridgehead atoms. The van der Waals surface area contributed by atoms with Gasteiger partial charge in [-0.25, -0.2) is 4.79 Å². The zero-order chi connectivity index (χ0) is 13.8. The number of aromatic nitrogens is 3. The molecule has 2 aromatic rings. The Kier molecular flexibility index (Phi) is 3.94. The molecule has 0 unspecified atom stereocenters. The van der Waals surface area contributed by atoms with Gasteiger partial charge in [0.15, 0.2) is 0 Å². The van der Waals surface area contributed by atoms with Crippen LogP contribution in [0.5, 0.6) is 0 Å². The standard InChI is InChI=1S/C14H17N3O2/c1-3-5-16-6-4-13(18)17(14(16)19)10-12-7-11(2)8-15-9-12/h4,6-9H,3,5,10H2,1-2H3. The lowest BCUT2D eigenvalue weighted by molar-refractivity contribution is 0.570. The molecule has 2 heterocycles. The summed E-state index contributed by atoms with van der Waals surface area (Å²) in [6.45, 7) is 4.80. The summed E-state index contributed by atoms with van der Waals surface area (Å²) in [6, 6.07) is 3.36. The Bertz CT molecular complexity index is 686. The molecule has 5 heteroatoms. The Hall–Kier alpha value is -2.17. The van der Waals surface area contributed by atoms with Gasteiger partial charge in [0.2, 0.25) is 0 Å². The van der Waals surface area contributed by atoms with Crippen LogP contribution >= 0.6 is 0 Å². The fourth-order valence-corrected chi connectivity index (χ4v) is 2.00. The fourth-order valence-electron chi connectivity index (χ4n) is 2.00. The summed E-state index contributed by atoms with van der Waals surface area (Å²) in [5.74, 6) is 0. The van der Waals surface area contributed by atoms with E-state index in [-0.39, 0.29) is 17.8 Å². The summed E-state index contributed by atoms with van der Waals surface area (Å²) >= 11 is 0. The van der Waals surface area contributed by atoms with E-state index in [9.17, 15) is 9.59 Å². The van der Waals surface area contributed by atoms with Gasteiger partial charge in [0, 0.05) is 31.2 Å². The van der Waals surface area contributed by atoms with Gasteiger partial charge >= 0.3 is 5.69 Å². The smallest absolute Gasteiger partial charge is 0.300 e. The van der Waals surface area contributed by atoms with Crippen LogP contribution in [0.1, 0.15) is 24.5 Å². The minimum atomic E-state index is -0.279. The minimum Gasteiger partial charge on any atom is -0.300 e. The molecule has 100 valence electrons. The zero-order valence-electron chi connectivity index (χ0n) is 11.2. The second-order valence-corrected chi connectivity index (χ2v) is 4.59. The quantitative estimate of drug-likeness (QED) is 0.828. The van der Waals surface area contributed by atoms with Crippen molar-refractivity contribution in [2.24, 2.45) is 0 Å². The maximum Gasteiger partial charge on any atom is 0.331 e. The summed E-state index contributed by atoms with van der Waals surface area (Å²) in [7, 11) is 0. The first-order valence-electron chi connectivity index (χ1n) is 6.32. The van der Waals surface area contributed by atoms with Crippen molar-refractivity contribution in [3.8, 4) is 0 Å². The Morgan fingerprint density at radius 2 is 2.05 bits per heavy atom. The van der Waals surface area contributed by atoms with E-state index in [0.717, 1.165) is 17.5 Å². The Morgan fingerprint density at radius 1 is 1.26 bits per heavy atom. The van der Waals surface area contributed by atoms with E-state index in [4.69, 9.17) is 0 Å². The first kappa shape index (κ1) is 13.3. The molecule has 0 saturated carbocycles. The molecular formula is C14H17N3O2. The van der Waals surface area contributed by atoms with Crippen molar-refractivity contribution in [2.75, 3.05) is 0 Å². The average Bonchev–Trinajstić information content (AvgIpc) is 2.38. The molecule has 0 saturated heterocycles. The molecule has 0 N–H and O–H groups in total. The number of hydrogen-bond donors (Lipinski definition) is 0. The molecule has 0 aliphatic rings. The van der Waals surface area contributed by atoms with E-state index >= 15 is 0 Å². The average molecular weight is 259 g/mol. The van der Waals surface area contributed by atoms with E-state index in [1.165, 1.54) is 10.6 Å². The number of nitrogens with zero attached hydrogens (tertiary/aromatic N) is 3. The number of aryl methyl sites for hydroxylation is 2. The molecule has 0 aliphatic heterocycles. The minimum absolute atomic E-state index is 0.261. The highest BCUT2D eigenvalue weighted by atomic mass is 16.2. The van der Waals surface area contributed by atoms with Crippen LogP contribution in [-0.4, -0.2) is 14.1 Å². The van der Waals surface area contributed by atoms with Crippen LogP contribution in [0.4, 0.5) is 0 Å². The van der Waals surface area contributed by atoms with Gasteiger partial charge in [0.05, 0.1) is 6.54 Å². The lowest BCUT2D eigenvalue weighted by Crippen LogP contribution is -2.39. The number of hydrogen-bond acceptors (Lipinski definition) is 3. The van der Waals surface area contributed by atoms with Crippen molar-refractivity contribution in [3.05, 3.63) is 62.7 Å². The van der Waals surface area contributed by atoms with Gasteiger partial charge in [-0.1, -0.05) is 13.0 Å². The predicted octanol–water partition coefficient (Wildman–Crippen LogP) is 1.17. The van der Waals surface area contributed by atoms with Crippen molar-refractivity contribution in [1.29, 1.82) is 0 Å². The van der Waals surface area contributed by atoms with E-state index in [2.05, 4.69) is 4.98 Å². The lowest BCUT2D eigenvalue weighted by Gasteiger charge is -2.09. The van der Waals surface area contributed by atoms with E-state index in [1.54, 1.807) is 23.2 Å². The van der Waals surface area contributed by atoms with E-state index in [0.29, 0.717) is 6.54 Å². The normalized spacial score (nSPS) is 10.6. The summed E-state index contributed by atoms with van der Waals surface area (Å²) < 4.78 is 2.80. The molecule has 2 aromatic heterocycles. The summed E-state index contributed by atoms with van der Waals surface area (Å²) in [6.07, 6.45) is 5.83. The first-order valence-corrected chi connectivity index (χ1v) is 6.32. The Labute approximate surface area is 111 Å². The highest BCUT2D eigenvalue weighted by Gasteiger charge is 2.05. The van der Waals surface area contributed by atoms with Crippen molar-refractivity contribution >= 4 is 0 Å². The Balaban J connectivity index is 2.42. The topological polar surface area (TPSA) is 56.9 Å². The van der Waals surface area contributed by atoms with Crippen LogP contribution in [0.15, 0.2) is 40.3 Å². The van der Waals surface area contributed by atoms with Crippen LogP contribution < -0.4 is 11.2 Å². The molecule has 0 fully saturated rings. The second-order valence-electron chi connectivity index (χ2n) is 4.59. The summed E-state index contributed by atoms with van der Waals surface area (Å²) in [5.41, 5.74) is 1.32. The van der Waals surface area contributed by atoms with E-state index < -0.39 is 0 Å². The number of pyridine rings is 1. The van der Waals surface area contributed by atoms with Gasteiger partial charge in [0.25, 0.3) is 5.56 Å². The molecule has 0 aromatic carbocycles. The lowest BCUT2D eigenvalue weighted by atomic mass is 10.2. The Morgan fingerprint density at radius 3 is 2.74 bits per heavy atom. The molecule has 2 rings (SSSR count). The van der Waals surface area contributed by atoms with Gasteiger partial charge in [-0.05, 0) is 24.5 Å². The second kappa shape index (κ2) is 5.65. The van der Waals surface area contributed by atoms with Crippen molar-refractivity contribution < 1.29 is 0 Å². The van der Waals surface area contributed by atoms with Crippen molar-refractivity contribution in [2.45, 2.75) is 33.4 Å². The zero-order valence-corrected chi connectivity index (χ0v) is 11.2. The van der Waals surface area contributed by atoms with Crippen LogP contribution in [0, 0.1) is 6.92 Å². The van der Waals surface area contributed by atoms with Crippen LogP contribution in [0.2, 0.25) is 0 Å². The first-order chi connectivity index (χ1) is 9.11. The third kappa shape index (κ3) is 2.99. The fraction of sp³-hybridized carbons (Fsp3) is 0.357. The van der Waals surface area contributed by atoms with Crippen molar-refractivity contribution in [1.82, 2.24) is 14.1 Å².